The average Bonchev–Trinajstić information content (AvgIpc) is 2.81. The van der Waals surface area contributed by atoms with Crippen LogP contribution in [0.25, 0.3) is 16.7 Å². The van der Waals surface area contributed by atoms with Gasteiger partial charge in [0.15, 0.2) is 0 Å². The summed E-state index contributed by atoms with van der Waals surface area (Å²) in [6.07, 6.45) is 0. The molecule has 0 bridgehead atoms. The van der Waals surface area contributed by atoms with E-state index in [2.05, 4.69) is 10.3 Å². The van der Waals surface area contributed by atoms with Gasteiger partial charge in [-0.05, 0) is 12.1 Å². The number of non-ortho nitro benzene ring substituents is 1. The molecule has 0 atom stereocenters. The topological polar surface area (TPSA) is 73.8 Å². The summed E-state index contributed by atoms with van der Waals surface area (Å²) in [4.78, 5) is 10.1. The van der Waals surface area contributed by atoms with Gasteiger partial charge in [-0.15, -0.1) is 5.10 Å². The van der Waals surface area contributed by atoms with Gasteiger partial charge in [-0.25, -0.2) is 9.07 Å². The lowest BCUT2D eigenvalue weighted by molar-refractivity contribution is -0.385. The SMILES string of the molecule is O=[N+]([O-])c1cc(F)cc(-n2nnc3ccccc32)c1. The number of nitrogens with zero attached hydrogens (tertiary/aromatic N) is 4. The van der Waals surface area contributed by atoms with Crippen molar-refractivity contribution in [2.75, 3.05) is 0 Å². The van der Waals surface area contributed by atoms with E-state index in [4.69, 9.17) is 0 Å². The molecule has 3 aromatic rings. The summed E-state index contributed by atoms with van der Waals surface area (Å²) in [5, 5.41) is 18.5. The lowest BCUT2D eigenvalue weighted by Crippen LogP contribution is -1.99. The molecule has 0 saturated carbocycles. The monoisotopic (exact) mass is 258 g/mol. The summed E-state index contributed by atoms with van der Waals surface area (Å²) in [5.41, 5.74) is 1.23. The standard InChI is InChI=1S/C12H7FN4O2/c13-8-5-9(7-10(6-8)17(18)19)16-12-4-2-1-3-11(12)14-15-16/h1-7H. The first-order valence-electron chi connectivity index (χ1n) is 5.41. The first-order valence-corrected chi connectivity index (χ1v) is 5.41. The fourth-order valence-electron chi connectivity index (χ4n) is 1.85. The van der Waals surface area contributed by atoms with Gasteiger partial charge in [-0.2, -0.15) is 0 Å². The molecule has 0 N–H and O–H groups in total. The fraction of sp³-hybridized carbons (Fsp3) is 0. The Kier molecular flexibility index (Phi) is 2.45. The van der Waals surface area contributed by atoms with Crippen molar-refractivity contribution in [2.45, 2.75) is 0 Å². The van der Waals surface area contributed by atoms with Gasteiger partial charge in [0, 0.05) is 12.1 Å². The van der Waals surface area contributed by atoms with Crippen LogP contribution in [0.3, 0.4) is 0 Å². The lowest BCUT2D eigenvalue weighted by atomic mass is 10.2. The van der Waals surface area contributed by atoms with Gasteiger partial charge in [0.25, 0.3) is 5.69 Å². The van der Waals surface area contributed by atoms with Gasteiger partial charge in [0.05, 0.1) is 22.2 Å². The second kappa shape index (κ2) is 4.13. The summed E-state index contributed by atoms with van der Waals surface area (Å²) in [7, 11) is 0. The van der Waals surface area contributed by atoms with E-state index in [-0.39, 0.29) is 11.4 Å². The molecule has 0 aliphatic carbocycles. The minimum atomic E-state index is -0.691. The molecule has 0 amide bonds. The Morgan fingerprint density at radius 1 is 1.21 bits per heavy atom. The van der Waals surface area contributed by atoms with E-state index >= 15 is 0 Å². The van der Waals surface area contributed by atoms with Crippen molar-refractivity contribution in [3.8, 4) is 5.69 Å². The third-order valence-electron chi connectivity index (χ3n) is 2.67. The molecule has 1 heterocycles. The molecule has 1 aromatic heterocycles. The second-order valence-electron chi connectivity index (χ2n) is 3.91. The van der Waals surface area contributed by atoms with E-state index in [0.29, 0.717) is 11.0 Å². The minimum absolute atomic E-state index is 0.264. The van der Waals surface area contributed by atoms with Crippen LogP contribution in [0.15, 0.2) is 42.5 Å². The molecule has 0 fully saturated rings. The van der Waals surface area contributed by atoms with Crippen molar-refractivity contribution in [1.82, 2.24) is 15.0 Å². The summed E-state index contributed by atoms with van der Waals surface area (Å²) in [5.74, 6) is -0.691. The minimum Gasteiger partial charge on any atom is -0.258 e. The molecular weight excluding hydrogens is 251 g/mol. The number of aromatic nitrogens is 3. The molecule has 6 nitrogen and oxygen atoms in total. The van der Waals surface area contributed by atoms with Crippen LogP contribution in [-0.4, -0.2) is 19.9 Å². The normalized spacial score (nSPS) is 10.8. The van der Waals surface area contributed by atoms with Gasteiger partial charge < -0.3 is 0 Å². The Morgan fingerprint density at radius 2 is 2.00 bits per heavy atom. The number of rotatable bonds is 2. The van der Waals surface area contributed by atoms with Crippen LogP contribution in [0.1, 0.15) is 0 Å². The molecule has 0 aliphatic heterocycles. The molecule has 0 spiro atoms. The maximum absolute atomic E-state index is 13.4. The van der Waals surface area contributed by atoms with E-state index in [1.165, 1.54) is 16.8 Å². The van der Waals surface area contributed by atoms with Gasteiger partial charge >= 0.3 is 0 Å². The molecule has 0 radical (unpaired) electrons. The molecule has 94 valence electrons. The van der Waals surface area contributed by atoms with Crippen LogP contribution in [0.5, 0.6) is 0 Å². The van der Waals surface area contributed by atoms with Crippen LogP contribution in [0, 0.1) is 15.9 Å². The highest BCUT2D eigenvalue weighted by Gasteiger charge is 2.13. The predicted molar refractivity (Wildman–Crippen MR) is 65.5 cm³/mol. The third kappa shape index (κ3) is 1.90. The van der Waals surface area contributed by atoms with Crippen LogP contribution >= 0.6 is 0 Å². The van der Waals surface area contributed by atoms with E-state index in [9.17, 15) is 14.5 Å². The van der Waals surface area contributed by atoms with E-state index in [1.807, 2.05) is 0 Å². The summed E-state index contributed by atoms with van der Waals surface area (Å²) >= 11 is 0. The maximum Gasteiger partial charge on any atom is 0.274 e. The molecule has 3 rings (SSSR count). The van der Waals surface area contributed by atoms with Crippen LogP contribution < -0.4 is 0 Å². The third-order valence-corrected chi connectivity index (χ3v) is 2.67. The number of fused-ring (bicyclic) bond motifs is 1. The van der Waals surface area contributed by atoms with Crippen LogP contribution in [0.4, 0.5) is 10.1 Å². The van der Waals surface area contributed by atoms with Crippen molar-refractivity contribution >= 4 is 16.7 Å². The van der Waals surface area contributed by atoms with E-state index < -0.39 is 10.7 Å². The summed E-state index contributed by atoms with van der Waals surface area (Å²) in [6.45, 7) is 0. The Hall–Kier alpha value is -2.83. The molecular formula is C12H7FN4O2. The fourth-order valence-corrected chi connectivity index (χ4v) is 1.85. The molecule has 7 heteroatoms. The maximum atomic E-state index is 13.4. The highest BCUT2D eigenvalue weighted by atomic mass is 19.1. The number of hydrogen-bond donors (Lipinski definition) is 0. The Bertz CT molecular complexity index is 784. The predicted octanol–water partition coefficient (Wildman–Crippen LogP) is 2.47. The number of nitro benzene ring substituents is 1. The zero-order valence-corrected chi connectivity index (χ0v) is 9.52. The smallest absolute Gasteiger partial charge is 0.258 e. The number of para-hydroxylation sites is 1. The van der Waals surface area contributed by atoms with Gasteiger partial charge in [-0.1, -0.05) is 17.3 Å². The zero-order chi connectivity index (χ0) is 13.4. The molecule has 0 saturated heterocycles. The number of hydrogen-bond acceptors (Lipinski definition) is 4. The average molecular weight is 258 g/mol. The highest BCUT2D eigenvalue weighted by Crippen LogP contribution is 2.21. The first kappa shape index (κ1) is 11.3. The van der Waals surface area contributed by atoms with Gasteiger partial charge in [0.2, 0.25) is 0 Å². The Balaban J connectivity index is 2.24. The van der Waals surface area contributed by atoms with Crippen LogP contribution in [0.2, 0.25) is 0 Å². The van der Waals surface area contributed by atoms with Crippen molar-refractivity contribution in [3.63, 3.8) is 0 Å². The van der Waals surface area contributed by atoms with Gasteiger partial charge in [0.1, 0.15) is 11.3 Å². The molecule has 2 aromatic carbocycles. The van der Waals surface area contributed by atoms with Crippen molar-refractivity contribution < 1.29 is 9.31 Å². The zero-order valence-electron chi connectivity index (χ0n) is 9.52. The van der Waals surface area contributed by atoms with E-state index in [0.717, 1.165) is 6.07 Å². The molecule has 19 heavy (non-hydrogen) atoms. The Morgan fingerprint density at radius 3 is 2.79 bits per heavy atom. The first-order chi connectivity index (χ1) is 9.15. The lowest BCUT2D eigenvalue weighted by Gasteiger charge is -2.02. The van der Waals surface area contributed by atoms with Crippen molar-refractivity contribution in [3.05, 3.63) is 58.4 Å². The van der Waals surface area contributed by atoms with Crippen molar-refractivity contribution in [2.24, 2.45) is 0 Å². The summed E-state index contributed by atoms with van der Waals surface area (Å²) < 4.78 is 14.8. The quantitative estimate of drug-likeness (QED) is 0.522. The second-order valence-corrected chi connectivity index (χ2v) is 3.91. The number of nitro groups is 1. The summed E-state index contributed by atoms with van der Waals surface area (Å²) in [6, 6.07) is 10.4. The van der Waals surface area contributed by atoms with E-state index in [1.54, 1.807) is 24.3 Å². The largest absolute Gasteiger partial charge is 0.274 e. The van der Waals surface area contributed by atoms with Crippen LogP contribution in [-0.2, 0) is 0 Å². The molecule has 0 unspecified atom stereocenters. The van der Waals surface area contributed by atoms with Crippen molar-refractivity contribution in [1.29, 1.82) is 0 Å². The number of benzene rings is 2. The number of halogens is 1. The highest BCUT2D eigenvalue weighted by molar-refractivity contribution is 5.76. The Labute approximate surface area is 106 Å². The van der Waals surface area contributed by atoms with Gasteiger partial charge in [-0.3, -0.25) is 10.1 Å². The molecule has 0 aliphatic rings.